The van der Waals surface area contributed by atoms with Crippen molar-refractivity contribution in [2.45, 2.75) is 6.17 Å². The number of amides is 3. The van der Waals surface area contributed by atoms with Gasteiger partial charge >= 0.3 is 0 Å². The van der Waals surface area contributed by atoms with E-state index in [1.807, 2.05) is 0 Å². The van der Waals surface area contributed by atoms with E-state index in [9.17, 15) is 27.6 Å². The molecule has 32 heavy (non-hydrogen) atoms. The number of halogens is 3. The van der Waals surface area contributed by atoms with Gasteiger partial charge < -0.3 is 10.2 Å². The largest absolute Gasteiger partial charge is 0.324 e. The van der Waals surface area contributed by atoms with Gasteiger partial charge in [-0.25, -0.2) is 13.2 Å². The van der Waals surface area contributed by atoms with E-state index in [0.717, 1.165) is 0 Å². The quantitative estimate of drug-likeness (QED) is 0.633. The molecule has 3 amide bonds. The number of hydrogen-bond donors (Lipinski definition) is 1. The zero-order valence-electron chi connectivity index (χ0n) is 16.3. The number of fused-ring (bicyclic) bond motifs is 5. The Bertz CT molecular complexity index is 1290. The monoisotopic (exact) mass is 437 g/mol. The number of anilines is 2. The van der Waals surface area contributed by atoms with E-state index in [-0.39, 0.29) is 17.2 Å². The van der Waals surface area contributed by atoms with Gasteiger partial charge in [0, 0.05) is 28.9 Å². The summed E-state index contributed by atoms with van der Waals surface area (Å²) in [6, 6.07) is 14.6. The van der Waals surface area contributed by atoms with Crippen LogP contribution in [0.15, 0.2) is 60.7 Å². The standard InChI is InChI=1S/C23H14F3N3O3/c24-16-9-12(10-17(25)20(16)26)27-19(30)11-28-21-13-5-1-2-6-14(13)23(32)29(21)18-8-4-3-7-15(18)22(28)31/h1-10,21H,11H2,(H,27,30)/t21-/m1/s1. The molecule has 2 aliphatic rings. The molecule has 2 aliphatic heterocycles. The summed E-state index contributed by atoms with van der Waals surface area (Å²) in [5, 5.41) is 2.27. The van der Waals surface area contributed by atoms with Gasteiger partial charge in [0.05, 0.1) is 11.3 Å². The van der Waals surface area contributed by atoms with Crippen molar-refractivity contribution >= 4 is 29.1 Å². The number of carbonyl (C=O) groups excluding carboxylic acids is 3. The van der Waals surface area contributed by atoms with E-state index in [1.54, 1.807) is 48.5 Å². The number of carbonyl (C=O) groups is 3. The van der Waals surface area contributed by atoms with Crippen molar-refractivity contribution in [3.8, 4) is 0 Å². The number of hydrogen-bond acceptors (Lipinski definition) is 3. The van der Waals surface area contributed by atoms with Gasteiger partial charge in [0.1, 0.15) is 12.7 Å². The Morgan fingerprint density at radius 3 is 2.22 bits per heavy atom. The Morgan fingerprint density at radius 1 is 0.875 bits per heavy atom. The third kappa shape index (κ3) is 2.93. The van der Waals surface area contributed by atoms with Crippen LogP contribution in [0.3, 0.4) is 0 Å². The number of nitrogens with zero attached hydrogens (tertiary/aromatic N) is 2. The third-order valence-electron chi connectivity index (χ3n) is 5.46. The normalized spacial score (nSPS) is 16.5. The summed E-state index contributed by atoms with van der Waals surface area (Å²) in [6.45, 7) is -0.503. The lowest BCUT2D eigenvalue weighted by molar-refractivity contribution is -0.117. The first-order chi connectivity index (χ1) is 15.4. The highest BCUT2D eigenvalue weighted by Crippen LogP contribution is 2.44. The molecule has 0 radical (unpaired) electrons. The molecular formula is C23H14F3N3O3. The molecule has 160 valence electrons. The van der Waals surface area contributed by atoms with Crippen LogP contribution in [0.2, 0.25) is 0 Å². The van der Waals surface area contributed by atoms with Gasteiger partial charge in [0.15, 0.2) is 17.5 Å². The predicted octanol–water partition coefficient (Wildman–Crippen LogP) is 3.86. The molecule has 0 unspecified atom stereocenters. The maximum Gasteiger partial charge on any atom is 0.260 e. The molecule has 0 spiro atoms. The van der Waals surface area contributed by atoms with Crippen LogP contribution in [-0.2, 0) is 4.79 Å². The van der Waals surface area contributed by atoms with Crippen molar-refractivity contribution in [3.63, 3.8) is 0 Å². The lowest BCUT2D eigenvalue weighted by atomic mass is 10.0. The lowest BCUT2D eigenvalue weighted by Gasteiger charge is -2.40. The molecule has 5 rings (SSSR count). The summed E-state index contributed by atoms with van der Waals surface area (Å²) < 4.78 is 40.2. The van der Waals surface area contributed by atoms with Gasteiger partial charge in [0.2, 0.25) is 5.91 Å². The van der Waals surface area contributed by atoms with Crippen molar-refractivity contribution in [1.29, 1.82) is 0 Å². The van der Waals surface area contributed by atoms with Crippen LogP contribution in [0.4, 0.5) is 24.5 Å². The first kappa shape index (κ1) is 19.8. The molecule has 1 atom stereocenters. The van der Waals surface area contributed by atoms with E-state index < -0.39 is 42.0 Å². The number of nitrogens with one attached hydrogen (secondary N) is 1. The Morgan fingerprint density at radius 2 is 1.50 bits per heavy atom. The second kappa shape index (κ2) is 7.23. The smallest absolute Gasteiger partial charge is 0.260 e. The van der Waals surface area contributed by atoms with E-state index >= 15 is 0 Å². The average molecular weight is 437 g/mol. The summed E-state index contributed by atoms with van der Waals surface area (Å²) in [5.41, 5.74) is 1.36. The zero-order chi connectivity index (χ0) is 22.6. The SMILES string of the molecule is O=C(CN1C(=O)c2ccccc2N2C(=O)c3ccccc3[C@H]12)Nc1cc(F)c(F)c(F)c1. The maximum atomic E-state index is 13.5. The second-order valence-corrected chi connectivity index (χ2v) is 7.39. The van der Waals surface area contributed by atoms with E-state index in [2.05, 4.69) is 5.32 Å². The highest BCUT2D eigenvalue weighted by molar-refractivity contribution is 6.17. The predicted molar refractivity (Wildman–Crippen MR) is 108 cm³/mol. The lowest BCUT2D eigenvalue weighted by Crippen LogP contribution is -2.50. The molecule has 0 saturated carbocycles. The molecule has 6 nitrogen and oxygen atoms in total. The Balaban J connectivity index is 1.51. The van der Waals surface area contributed by atoms with E-state index in [0.29, 0.717) is 28.9 Å². The van der Waals surface area contributed by atoms with E-state index in [4.69, 9.17) is 0 Å². The molecule has 0 aromatic heterocycles. The Labute approximate surface area is 179 Å². The second-order valence-electron chi connectivity index (χ2n) is 7.39. The van der Waals surface area contributed by atoms with Crippen LogP contribution >= 0.6 is 0 Å². The van der Waals surface area contributed by atoms with Crippen LogP contribution in [-0.4, -0.2) is 29.2 Å². The number of benzene rings is 3. The van der Waals surface area contributed by atoms with Gasteiger partial charge in [0.25, 0.3) is 11.8 Å². The van der Waals surface area contributed by atoms with Gasteiger partial charge in [-0.15, -0.1) is 0 Å². The zero-order valence-corrected chi connectivity index (χ0v) is 16.3. The summed E-state index contributed by atoms with van der Waals surface area (Å²) in [4.78, 5) is 41.7. The number of rotatable bonds is 3. The fraction of sp³-hybridized carbons (Fsp3) is 0.0870. The fourth-order valence-corrected chi connectivity index (χ4v) is 4.12. The topological polar surface area (TPSA) is 69.7 Å². The summed E-state index contributed by atoms with van der Waals surface area (Å²) in [5.74, 6) is -6.10. The van der Waals surface area contributed by atoms with E-state index in [1.165, 1.54) is 9.80 Å². The maximum absolute atomic E-state index is 13.5. The van der Waals surface area contributed by atoms with Crippen LogP contribution in [0.25, 0.3) is 0 Å². The van der Waals surface area contributed by atoms with Crippen LogP contribution in [0.1, 0.15) is 32.4 Å². The molecule has 0 saturated heterocycles. The van der Waals surface area contributed by atoms with Crippen LogP contribution < -0.4 is 10.2 Å². The minimum atomic E-state index is -1.65. The Kier molecular flexibility index (Phi) is 4.47. The minimum Gasteiger partial charge on any atom is -0.324 e. The molecule has 0 bridgehead atoms. The molecule has 0 fully saturated rings. The van der Waals surface area contributed by atoms with Crippen LogP contribution in [0.5, 0.6) is 0 Å². The van der Waals surface area contributed by atoms with Crippen LogP contribution in [0, 0.1) is 17.5 Å². The average Bonchev–Trinajstić information content (AvgIpc) is 3.08. The first-order valence-electron chi connectivity index (χ1n) is 9.63. The number of para-hydroxylation sites is 1. The fourth-order valence-electron chi connectivity index (χ4n) is 4.12. The molecule has 3 aromatic rings. The van der Waals surface area contributed by atoms with Crippen molar-refractivity contribution in [1.82, 2.24) is 4.90 Å². The minimum absolute atomic E-state index is 0.247. The van der Waals surface area contributed by atoms with Gasteiger partial charge in [-0.2, -0.15) is 0 Å². The van der Waals surface area contributed by atoms with Crippen molar-refractivity contribution < 1.29 is 27.6 Å². The van der Waals surface area contributed by atoms with Gasteiger partial charge in [-0.1, -0.05) is 30.3 Å². The molecular weight excluding hydrogens is 423 g/mol. The van der Waals surface area contributed by atoms with Crippen molar-refractivity contribution in [2.24, 2.45) is 0 Å². The Hall–Kier alpha value is -4.14. The molecule has 1 N–H and O–H groups in total. The van der Waals surface area contributed by atoms with Gasteiger partial charge in [-0.3, -0.25) is 19.3 Å². The van der Waals surface area contributed by atoms with Crippen molar-refractivity contribution in [3.05, 3.63) is 94.8 Å². The molecule has 2 heterocycles. The molecule has 0 aliphatic carbocycles. The highest BCUT2D eigenvalue weighted by Gasteiger charge is 2.48. The summed E-state index contributed by atoms with van der Waals surface area (Å²) in [7, 11) is 0. The van der Waals surface area contributed by atoms with Crippen molar-refractivity contribution in [2.75, 3.05) is 16.8 Å². The summed E-state index contributed by atoms with van der Waals surface area (Å²) >= 11 is 0. The highest BCUT2D eigenvalue weighted by atomic mass is 19.2. The molecule has 3 aromatic carbocycles. The van der Waals surface area contributed by atoms with Gasteiger partial charge in [-0.05, 0) is 18.2 Å². The first-order valence-corrected chi connectivity index (χ1v) is 9.63. The molecule has 9 heteroatoms. The summed E-state index contributed by atoms with van der Waals surface area (Å²) in [6.07, 6.45) is -0.853. The third-order valence-corrected chi connectivity index (χ3v) is 5.46.